The number of carbonyl (C=O) groups excluding carboxylic acids is 1. The largest absolute Gasteiger partial charge is 0.352 e. The molecule has 0 aliphatic heterocycles. The number of aldehydes is 1. The molecule has 0 unspecified atom stereocenters. The fourth-order valence-corrected chi connectivity index (χ4v) is 4.02. The molecule has 3 rings (SSSR count). The molecule has 0 amide bonds. The van der Waals surface area contributed by atoms with Crippen LogP contribution >= 0.6 is 0 Å². The summed E-state index contributed by atoms with van der Waals surface area (Å²) in [4.78, 5) is 14.4. The number of aryl methyl sites for hydroxylation is 1. The van der Waals surface area contributed by atoms with Crippen LogP contribution in [0.4, 0.5) is 0 Å². The first-order valence-electron chi connectivity index (χ1n) is 6.42. The highest BCUT2D eigenvalue weighted by Gasteiger charge is 2.22. The lowest BCUT2D eigenvalue weighted by molar-refractivity contribution is 0.111. The third kappa shape index (κ3) is 2.06. The van der Waals surface area contributed by atoms with E-state index in [9.17, 15) is 13.2 Å². The molecule has 4 nitrogen and oxygen atoms in total. The van der Waals surface area contributed by atoms with Crippen LogP contribution < -0.4 is 0 Å². The van der Waals surface area contributed by atoms with E-state index in [1.54, 1.807) is 55.5 Å². The maximum Gasteiger partial charge on any atom is 0.207 e. The Hall–Kier alpha value is -2.40. The van der Waals surface area contributed by atoms with E-state index in [4.69, 9.17) is 0 Å². The van der Waals surface area contributed by atoms with Gasteiger partial charge in [-0.05, 0) is 36.8 Å². The van der Waals surface area contributed by atoms with Crippen molar-refractivity contribution in [2.75, 3.05) is 0 Å². The van der Waals surface area contributed by atoms with Gasteiger partial charge < -0.3 is 4.98 Å². The lowest BCUT2D eigenvalue weighted by atomic mass is 10.1. The molecule has 21 heavy (non-hydrogen) atoms. The summed E-state index contributed by atoms with van der Waals surface area (Å²) in [6, 6.07) is 13.3. The van der Waals surface area contributed by atoms with Crippen LogP contribution in [0.3, 0.4) is 0 Å². The predicted molar refractivity (Wildman–Crippen MR) is 80.3 cm³/mol. The van der Waals surface area contributed by atoms with Crippen molar-refractivity contribution in [3.63, 3.8) is 0 Å². The molecule has 0 bridgehead atoms. The normalized spacial score (nSPS) is 11.7. The molecule has 0 saturated heterocycles. The number of aromatic nitrogens is 1. The molecule has 106 valence electrons. The highest BCUT2D eigenvalue weighted by atomic mass is 32.2. The van der Waals surface area contributed by atoms with Crippen LogP contribution in [0.25, 0.3) is 10.9 Å². The monoisotopic (exact) mass is 299 g/mol. The van der Waals surface area contributed by atoms with Crippen molar-refractivity contribution >= 4 is 27.0 Å². The average Bonchev–Trinajstić information content (AvgIpc) is 2.84. The van der Waals surface area contributed by atoms with Crippen LogP contribution in [0.15, 0.2) is 58.3 Å². The SMILES string of the molecule is Cc1c(C=O)[nH]c2cccc(S(=O)(=O)c3ccccc3)c12. The Bertz CT molecular complexity index is 925. The molecule has 0 fully saturated rings. The molecule has 0 radical (unpaired) electrons. The summed E-state index contributed by atoms with van der Waals surface area (Å²) in [7, 11) is -3.62. The first-order chi connectivity index (χ1) is 10.1. The molecule has 1 N–H and O–H groups in total. The quantitative estimate of drug-likeness (QED) is 0.756. The standard InChI is InChI=1S/C16H13NO3S/c1-11-14(10-18)17-13-8-5-9-15(16(11)13)21(19,20)12-6-3-2-4-7-12/h2-10,17H,1H3. The summed E-state index contributed by atoms with van der Waals surface area (Å²) in [6.45, 7) is 1.74. The summed E-state index contributed by atoms with van der Waals surface area (Å²) >= 11 is 0. The molecule has 5 heteroatoms. The van der Waals surface area contributed by atoms with Gasteiger partial charge in [0.1, 0.15) is 0 Å². The Kier molecular flexibility index (Phi) is 3.14. The highest BCUT2D eigenvalue weighted by molar-refractivity contribution is 7.91. The van der Waals surface area contributed by atoms with Crippen LogP contribution in [-0.4, -0.2) is 19.7 Å². The zero-order chi connectivity index (χ0) is 15.0. The Morgan fingerprint density at radius 2 is 1.71 bits per heavy atom. The van der Waals surface area contributed by atoms with Crippen LogP contribution in [0.2, 0.25) is 0 Å². The molecular formula is C16H13NO3S. The number of sulfone groups is 1. The van der Waals surface area contributed by atoms with Crippen molar-refractivity contribution in [3.8, 4) is 0 Å². The number of nitrogens with one attached hydrogen (secondary N) is 1. The summed E-state index contributed by atoms with van der Waals surface area (Å²) in [5, 5.41) is 0.573. The minimum absolute atomic E-state index is 0.216. The minimum atomic E-state index is -3.62. The minimum Gasteiger partial charge on any atom is -0.352 e. The number of fused-ring (bicyclic) bond motifs is 1. The van der Waals surface area contributed by atoms with Gasteiger partial charge in [0, 0.05) is 10.9 Å². The van der Waals surface area contributed by atoms with E-state index >= 15 is 0 Å². The van der Waals surface area contributed by atoms with Crippen molar-refractivity contribution in [2.24, 2.45) is 0 Å². The summed E-state index contributed by atoms with van der Waals surface area (Å²) in [6.07, 6.45) is 0.703. The zero-order valence-electron chi connectivity index (χ0n) is 11.3. The summed E-state index contributed by atoms with van der Waals surface area (Å²) in [5.74, 6) is 0. The topological polar surface area (TPSA) is 67.0 Å². The number of H-pyrrole nitrogens is 1. The van der Waals surface area contributed by atoms with Crippen LogP contribution in [-0.2, 0) is 9.84 Å². The van der Waals surface area contributed by atoms with Gasteiger partial charge in [0.2, 0.25) is 9.84 Å². The van der Waals surface area contributed by atoms with Gasteiger partial charge in [0.05, 0.1) is 15.5 Å². The third-order valence-corrected chi connectivity index (χ3v) is 5.35. The lowest BCUT2D eigenvalue weighted by Crippen LogP contribution is -2.02. The maximum absolute atomic E-state index is 12.8. The molecule has 1 heterocycles. The second-order valence-corrected chi connectivity index (χ2v) is 6.69. The van der Waals surface area contributed by atoms with E-state index in [0.717, 1.165) is 0 Å². The second kappa shape index (κ2) is 4.86. The summed E-state index contributed by atoms with van der Waals surface area (Å²) in [5.41, 5.74) is 1.70. The molecule has 0 saturated carbocycles. The molecule has 0 aliphatic rings. The predicted octanol–water partition coefficient (Wildman–Crippen LogP) is 3.12. The molecule has 0 atom stereocenters. The fraction of sp³-hybridized carbons (Fsp3) is 0.0625. The highest BCUT2D eigenvalue weighted by Crippen LogP contribution is 2.31. The van der Waals surface area contributed by atoms with Crippen molar-refractivity contribution < 1.29 is 13.2 Å². The molecule has 2 aromatic carbocycles. The van der Waals surface area contributed by atoms with Crippen LogP contribution in [0.1, 0.15) is 16.1 Å². The van der Waals surface area contributed by atoms with E-state index in [0.29, 0.717) is 28.4 Å². The molecule has 0 aliphatic carbocycles. The number of hydrogen-bond donors (Lipinski definition) is 1. The molecule has 3 aromatic rings. The number of carbonyl (C=O) groups is 1. The van der Waals surface area contributed by atoms with Crippen molar-refractivity contribution in [2.45, 2.75) is 16.7 Å². The second-order valence-electron chi connectivity index (χ2n) is 4.78. The van der Waals surface area contributed by atoms with E-state index in [1.165, 1.54) is 0 Å². The molecule has 0 spiro atoms. The van der Waals surface area contributed by atoms with Gasteiger partial charge in [-0.3, -0.25) is 4.79 Å². The van der Waals surface area contributed by atoms with Gasteiger partial charge in [-0.2, -0.15) is 0 Å². The Balaban J connectivity index is 2.36. The number of benzene rings is 2. The maximum atomic E-state index is 12.8. The Morgan fingerprint density at radius 3 is 2.38 bits per heavy atom. The van der Waals surface area contributed by atoms with Crippen molar-refractivity contribution in [1.82, 2.24) is 4.98 Å². The molecular weight excluding hydrogens is 286 g/mol. The Labute approximate surface area is 122 Å². The first kappa shape index (κ1) is 13.6. The van der Waals surface area contributed by atoms with E-state index in [1.807, 2.05) is 0 Å². The smallest absolute Gasteiger partial charge is 0.207 e. The van der Waals surface area contributed by atoms with E-state index in [2.05, 4.69) is 4.98 Å². The average molecular weight is 299 g/mol. The van der Waals surface area contributed by atoms with Crippen LogP contribution in [0, 0.1) is 6.92 Å². The van der Waals surface area contributed by atoms with Gasteiger partial charge in [-0.1, -0.05) is 24.3 Å². The first-order valence-corrected chi connectivity index (χ1v) is 7.90. The number of hydrogen-bond acceptors (Lipinski definition) is 3. The van der Waals surface area contributed by atoms with Gasteiger partial charge in [-0.25, -0.2) is 8.42 Å². The lowest BCUT2D eigenvalue weighted by Gasteiger charge is -2.06. The van der Waals surface area contributed by atoms with E-state index in [-0.39, 0.29) is 9.79 Å². The van der Waals surface area contributed by atoms with Crippen molar-refractivity contribution in [3.05, 3.63) is 59.8 Å². The number of aromatic amines is 1. The number of rotatable bonds is 3. The van der Waals surface area contributed by atoms with Gasteiger partial charge >= 0.3 is 0 Å². The fourth-order valence-electron chi connectivity index (χ4n) is 2.46. The molecule has 1 aromatic heterocycles. The Morgan fingerprint density at radius 1 is 1.00 bits per heavy atom. The summed E-state index contributed by atoms with van der Waals surface area (Å²) < 4.78 is 25.6. The van der Waals surface area contributed by atoms with Gasteiger partial charge in [0.25, 0.3) is 0 Å². The van der Waals surface area contributed by atoms with Gasteiger partial charge in [-0.15, -0.1) is 0 Å². The van der Waals surface area contributed by atoms with Crippen molar-refractivity contribution in [1.29, 1.82) is 0 Å². The zero-order valence-corrected chi connectivity index (χ0v) is 12.1. The van der Waals surface area contributed by atoms with Gasteiger partial charge in [0.15, 0.2) is 6.29 Å². The van der Waals surface area contributed by atoms with Crippen LogP contribution in [0.5, 0.6) is 0 Å². The van der Waals surface area contributed by atoms with E-state index < -0.39 is 9.84 Å². The third-order valence-electron chi connectivity index (χ3n) is 3.54.